The van der Waals surface area contributed by atoms with E-state index in [4.69, 9.17) is 0 Å². The van der Waals surface area contributed by atoms with Gasteiger partial charge in [-0.25, -0.2) is 4.79 Å². The molecule has 2 rings (SSSR count). The van der Waals surface area contributed by atoms with E-state index in [0.717, 1.165) is 32.4 Å². The molecule has 0 aromatic heterocycles. The van der Waals surface area contributed by atoms with Gasteiger partial charge in [0.25, 0.3) is 0 Å². The molecule has 1 atom stereocenters. The maximum atomic E-state index is 11.9. The van der Waals surface area contributed by atoms with Crippen molar-refractivity contribution in [1.82, 2.24) is 20.9 Å². The highest BCUT2D eigenvalue weighted by atomic mass is 16.2. The molecule has 1 aliphatic heterocycles. The van der Waals surface area contributed by atoms with E-state index in [1.807, 2.05) is 0 Å². The number of hydrogen-bond donors (Lipinski definition) is 3. The van der Waals surface area contributed by atoms with Crippen molar-refractivity contribution in [2.75, 3.05) is 19.6 Å². The molecule has 0 radical (unpaired) electrons. The normalized spacial score (nSPS) is 22.3. The van der Waals surface area contributed by atoms with Gasteiger partial charge < -0.3 is 10.6 Å². The number of amides is 3. The lowest BCUT2D eigenvalue weighted by Gasteiger charge is -2.28. The summed E-state index contributed by atoms with van der Waals surface area (Å²) in [4.78, 5) is 25.5. The largest absolute Gasteiger partial charge is 0.335 e. The Labute approximate surface area is 120 Å². The van der Waals surface area contributed by atoms with E-state index >= 15 is 0 Å². The fourth-order valence-electron chi connectivity index (χ4n) is 2.45. The zero-order valence-corrected chi connectivity index (χ0v) is 12.4. The van der Waals surface area contributed by atoms with Crippen molar-refractivity contribution < 1.29 is 9.59 Å². The number of imide groups is 1. The van der Waals surface area contributed by atoms with E-state index in [1.54, 1.807) is 0 Å². The first-order chi connectivity index (χ1) is 9.54. The van der Waals surface area contributed by atoms with Gasteiger partial charge in [-0.05, 0) is 46.1 Å². The lowest BCUT2D eigenvalue weighted by molar-refractivity contribution is -0.121. The van der Waals surface area contributed by atoms with E-state index in [0.29, 0.717) is 6.04 Å². The monoisotopic (exact) mass is 282 g/mol. The molecule has 0 spiro atoms. The number of urea groups is 1. The van der Waals surface area contributed by atoms with Gasteiger partial charge in [0.1, 0.15) is 0 Å². The minimum atomic E-state index is -0.361. The van der Waals surface area contributed by atoms with Crippen LogP contribution < -0.4 is 16.0 Å². The molecule has 6 heteroatoms. The summed E-state index contributed by atoms with van der Waals surface area (Å²) in [5, 5.41) is 8.61. The Hall–Kier alpha value is -1.14. The van der Waals surface area contributed by atoms with E-state index in [9.17, 15) is 9.59 Å². The minimum Gasteiger partial charge on any atom is -0.335 e. The first-order valence-electron chi connectivity index (χ1n) is 7.62. The lowest BCUT2D eigenvalue weighted by Crippen LogP contribution is -2.49. The highest BCUT2D eigenvalue weighted by Crippen LogP contribution is 2.18. The molecular formula is C14H26N4O2. The molecule has 1 saturated carbocycles. The fraction of sp³-hybridized carbons (Fsp3) is 0.857. The zero-order chi connectivity index (χ0) is 14.5. The van der Waals surface area contributed by atoms with Crippen molar-refractivity contribution in [3.8, 4) is 0 Å². The first kappa shape index (κ1) is 15.3. The molecule has 2 aliphatic rings. The predicted octanol–water partition coefficient (Wildman–Crippen LogP) is 0.437. The van der Waals surface area contributed by atoms with Crippen LogP contribution in [0.25, 0.3) is 0 Å². The average molecular weight is 282 g/mol. The maximum Gasteiger partial charge on any atom is 0.321 e. The third-order valence-electron chi connectivity index (χ3n) is 3.86. The van der Waals surface area contributed by atoms with Crippen LogP contribution in [0.1, 0.15) is 39.5 Å². The standard InChI is InChI=1S/C14H26N4O2/c1-10(2)18(8-12-4-3-7-15-12)9-13(19)17-14(20)16-11-5-6-11/h10-12,15H,3-9H2,1-2H3,(H2,16,17,19,20). The van der Waals surface area contributed by atoms with Gasteiger partial charge in [-0.3, -0.25) is 15.0 Å². The fourth-order valence-corrected chi connectivity index (χ4v) is 2.45. The van der Waals surface area contributed by atoms with Crippen LogP contribution in [0.5, 0.6) is 0 Å². The van der Waals surface area contributed by atoms with Gasteiger partial charge in [-0.2, -0.15) is 0 Å². The summed E-state index contributed by atoms with van der Waals surface area (Å²) < 4.78 is 0. The Bertz CT molecular complexity index is 349. The summed E-state index contributed by atoms with van der Waals surface area (Å²) in [6, 6.07) is 0.659. The highest BCUT2D eigenvalue weighted by molar-refractivity contribution is 5.95. The zero-order valence-electron chi connectivity index (χ0n) is 12.4. The van der Waals surface area contributed by atoms with E-state index in [1.165, 1.54) is 6.42 Å². The molecular weight excluding hydrogens is 256 g/mol. The summed E-state index contributed by atoms with van der Waals surface area (Å²) in [6.07, 6.45) is 4.40. The van der Waals surface area contributed by atoms with Gasteiger partial charge in [0, 0.05) is 24.7 Å². The SMILES string of the molecule is CC(C)N(CC(=O)NC(=O)NC1CC1)CC1CCCN1. The van der Waals surface area contributed by atoms with Crippen LogP contribution >= 0.6 is 0 Å². The highest BCUT2D eigenvalue weighted by Gasteiger charge is 2.25. The Kier molecular flexibility index (Phi) is 5.37. The van der Waals surface area contributed by atoms with Crippen LogP contribution in [-0.2, 0) is 4.79 Å². The molecule has 2 fully saturated rings. The molecule has 114 valence electrons. The second-order valence-electron chi connectivity index (χ2n) is 6.11. The van der Waals surface area contributed by atoms with Crippen molar-refractivity contribution >= 4 is 11.9 Å². The van der Waals surface area contributed by atoms with Crippen molar-refractivity contribution in [3.63, 3.8) is 0 Å². The molecule has 20 heavy (non-hydrogen) atoms. The Morgan fingerprint density at radius 2 is 2.05 bits per heavy atom. The maximum absolute atomic E-state index is 11.9. The van der Waals surface area contributed by atoms with Crippen molar-refractivity contribution in [2.24, 2.45) is 0 Å². The number of carbonyl (C=O) groups is 2. The van der Waals surface area contributed by atoms with Crippen LogP contribution in [-0.4, -0.2) is 54.6 Å². The Morgan fingerprint density at radius 1 is 1.30 bits per heavy atom. The summed E-state index contributed by atoms with van der Waals surface area (Å²) in [5.41, 5.74) is 0. The molecule has 0 aromatic carbocycles. The minimum absolute atomic E-state index is 0.227. The Balaban J connectivity index is 1.73. The van der Waals surface area contributed by atoms with Gasteiger partial charge in [0.05, 0.1) is 6.54 Å². The van der Waals surface area contributed by atoms with Crippen LogP contribution in [0.2, 0.25) is 0 Å². The summed E-state index contributed by atoms with van der Waals surface area (Å²) in [5.74, 6) is -0.227. The third-order valence-corrected chi connectivity index (χ3v) is 3.86. The van der Waals surface area contributed by atoms with Crippen molar-refractivity contribution in [1.29, 1.82) is 0 Å². The predicted molar refractivity (Wildman–Crippen MR) is 77.4 cm³/mol. The number of hydrogen-bond acceptors (Lipinski definition) is 4. The molecule has 1 saturated heterocycles. The summed E-state index contributed by atoms with van der Waals surface area (Å²) in [7, 11) is 0. The molecule has 1 aliphatic carbocycles. The van der Waals surface area contributed by atoms with Gasteiger partial charge in [-0.15, -0.1) is 0 Å². The quantitative estimate of drug-likeness (QED) is 0.661. The van der Waals surface area contributed by atoms with Crippen LogP contribution in [0.15, 0.2) is 0 Å². The van der Waals surface area contributed by atoms with E-state index < -0.39 is 0 Å². The average Bonchev–Trinajstić information content (AvgIpc) is 3.02. The molecule has 3 amide bonds. The second kappa shape index (κ2) is 7.04. The van der Waals surface area contributed by atoms with Gasteiger partial charge in [0.15, 0.2) is 0 Å². The smallest absolute Gasteiger partial charge is 0.321 e. The van der Waals surface area contributed by atoms with Crippen LogP contribution in [0.3, 0.4) is 0 Å². The number of nitrogens with zero attached hydrogens (tertiary/aromatic N) is 1. The molecule has 1 unspecified atom stereocenters. The number of carbonyl (C=O) groups excluding carboxylic acids is 2. The molecule has 6 nitrogen and oxygen atoms in total. The van der Waals surface area contributed by atoms with Crippen LogP contribution in [0.4, 0.5) is 4.79 Å². The number of nitrogens with one attached hydrogen (secondary N) is 3. The van der Waals surface area contributed by atoms with Crippen LogP contribution in [0, 0.1) is 0 Å². The number of rotatable bonds is 6. The molecule has 1 heterocycles. The van der Waals surface area contributed by atoms with Gasteiger partial charge in [-0.1, -0.05) is 0 Å². The van der Waals surface area contributed by atoms with Gasteiger partial charge in [0.2, 0.25) is 5.91 Å². The van der Waals surface area contributed by atoms with Crippen molar-refractivity contribution in [2.45, 2.75) is 57.7 Å². The third kappa shape index (κ3) is 5.09. The Morgan fingerprint density at radius 3 is 2.60 bits per heavy atom. The summed E-state index contributed by atoms with van der Waals surface area (Å²) in [6.45, 7) is 6.34. The molecule has 0 aromatic rings. The first-order valence-corrected chi connectivity index (χ1v) is 7.62. The molecule has 3 N–H and O–H groups in total. The topological polar surface area (TPSA) is 73.5 Å². The molecule has 0 bridgehead atoms. The van der Waals surface area contributed by atoms with E-state index in [-0.39, 0.29) is 30.6 Å². The van der Waals surface area contributed by atoms with Crippen molar-refractivity contribution in [3.05, 3.63) is 0 Å². The lowest BCUT2D eigenvalue weighted by atomic mass is 10.2. The van der Waals surface area contributed by atoms with Gasteiger partial charge >= 0.3 is 6.03 Å². The second-order valence-corrected chi connectivity index (χ2v) is 6.11. The van der Waals surface area contributed by atoms with E-state index in [2.05, 4.69) is 34.7 Å². The summed E-state index contributed by atoms with van der Waals surface area (Å²) >= 11 is 0.